The first kappa shape index (κ1) is 22.9. The lowest BCUT2D eigenvalue weighted by Crippen LogP contribution is -2.27. The van der Waals surface area contributed by atoms with Crippen LogP contribution in [-0.4, -0.2) is 31.3 Å². The van der Waals surface area contributed by atoms with Crippen LogP contribution in [-0.2, 0) is 10.0 Å². The Kier molecular flexibility index (Phi) is 6.24. The molecule has 174 valence electrons. The first-order valence-corrected chi connectivity index (χ1v) is 12.0. The van der Waals surface area contributed by atoms with Crippen molar-refractivity contribution in [3.8, 4) is 22.6 Å². The molecule has 0 saturated heterocycles. The number of H-pyrrole nitrogens is 1. The van der Waals surface area contributed by atoms with Crippen LogP contribution in [0.25, 0.3) is 29.0 Å². The molecule has 0 unspecified atom stereocenters. The quantitative estimate of drug-likeness (QED) is 0.392. The van der Waals surface area contributed by atoms with Crippen molar-refractivity contribution < 1.29 is 17.6 Å². The molecule has 2 aromatic heterocycles. The number of hydrogen-bond acceptors (Lipinski definition) is 6. The lowest BCUT2D eigenvalue weighted by molar-refractivity contribution is 0.415. The molecule has 9 nitrogen and oxygen atoms in total. The molecular weight excluding hydrogens is 458 g/mol. The van der Waals surface area contributed by atoms with Crippen LogP contribution in [0.15, 0.2) is 81.3 Å². The highest BCUT2D eigenvalue weighted by Crippen LogP contribution is 2.36. The highest BCUT2D eigenvalue weighted by atomic mass is 32.2. The lowest BCUT2D eigenvalue weighted by Gasteiger charge is -2.14. The van der Waals surface area contributed by atoms with Crippen LogP contribution >= 0.6 is 0 Å². The number of nitrogens with one attached hydrogen (secondary N) is 2. The third-order valence-electron chi connectivity index (χ3n) is 4.91. The molecule has 0 aliphatic carbocycles. The standard InChI is InChI=1S/C24H21N3O6S/c1-32-23-17(6-3-16-4-7-19(8-5-16)26-34(2,30)31)13-20(14-21(23)18-10-12-33-15-18)27-11-9-22(28)25-24(27)29/h3-15,26H,1-2H3,(H,25,28,29). The van der Waals surface area contributed by atoms with Gasteiger partial charge in [-0.05, 0) is 35.9 Å². The van der Waals surface area contributed by atoms with E-state index in [0.29, 0.717) is 28.3 Å². The van der Waals surface area contributed by atoms with E-state index in [1.165, 1.54) is 23.1 Å². The minimum atomic E-state index is -3.36. The maximum atomic E-state index is 12.4. The van der Waals surface area contributed by atoms with Crippen molar-refractivity contribution in [2.75, 3.05) is 18.1 Å². The van der Waals surface area contributed by atoms with Crippen molar-refractivity contribution in [3.63, 3.8) is 0 Å². The van der Waals surface area contributed by atoms with Crippen LogP contribution in [0, 0.1) is 0 Å². The van der Waals surface area contributed by atoms with Gasteiger partial charge in [-0.1, -0.05) is 24.3 Å². The molecule has 0 bridgehead atoms. The van der Waals surface area contributed by atoms with E-state index in [0.717, 1.165) is 17.4 Å². The van der Waals surface area contributed by atoms with Crippen LogP contribution < -0.4 is 20.7 Å². The van der Waals surface area contributed by atoms with Gasteiger partial charge in [-0.3, -0.25) is 19.1 Å². The molecule has 0 atom stereocenters. The van der Waals surface area contributed by atoms with Crippen molar-refractivity contribution >= 4 is 27.9 Å². The van der Waals surface area contributed by atoms with Crippen LogP contribution in [0.4, 0.5) is 5.69 Å². The van der Waals surface area contributed by atoms with Crippen molar-refractivity contribution in [1.29, 1.82) is 0 Å². The number of anilines is 1. The van der Waals surface area contributed by atoms with E-state index in [4.69, 9.17) is 9.15 Å². The second-order valence-corrected chi connectivity index (χ2v) is 9.19. The Hall–Kier alpha value is -4.31. The summed E-state index contributed by atoms with van der Waals surface area (Å²) in [5.41, 5.74) is 2.86. The average Bonchev–Trinajstić information content (AvgIpc) is 3.32. The van der Waals surface area contributed by atoms with Gasteiger partial charge in [0, 0.05) is 34.6 Å². The predicted molar refractivity (Wildman–Crippen MR) is 131 cm³/mol. The number of methoxy groups -OCH3 is 1. The zero-order chi connectivity index (χ0) is 24.3. The van der Waals surface area contributed by atoms with E-state index in [-0.39, 0.29) is 0 Å². The third-order valence-corrected chi connectivity index (χ3v) is 5.52. The van der Waals surface area contributed by atoms with E-state index in [2.05, 4.69) is 9.71 Å². The maximum absolute atomic E-state index is 12.4. The monoisotopic (exact) mass is 479 g/mol. The van der Waals surface area contributed by atoms with Crippen molar-refractivity contribution in [1.82, 2.24) is 9.55 Å². The molecule has 0 saturated carbocycles. The molecule has 0 aliphatic heterocycles. The van der Waals surface area contributed by atoms with Crippen molar-refractivity contribution in [3.05, 3.63) is 99.2 Å². The summed E-state index contributed by atoms with van der Waals surface area (Å²) in [6, 6.07) is 13.4. The second kappa shape index (κ2) is 9.28. The van der Waals surface area contributed by atoms with Crippen LogP contribution in [0.5, 0.6) is 5.75 Å². The summed E-state index contributed by atoms with van der Waals surface area (Å²) < 4.78 is 37.5. The Balaban J connectivity index is 1.80. The minimum Gasteiger partial charge on any atom is -0.495 e. The molecule has 0 amide bonds. The molecule has 34 heavy (non-hydrogen) atoms. The van der Waals surface area contributed by atoms with E-state index in [1.54, 1.807) is 55.8 Å². The first-order valence-electron chi connectivity index (χ1n) is 10.1. The molecule has 2 N–H and O–H groups in total. The number of hydrogen-bond donors (Lipinski definition) is 2. The number of benzene rings is 2. The summed E-state index contributed by atoms with van der Waals surface area (Å²) in [7, 11) is -1.81. The van der Waals surface area contributed by atoms with Gasteiger partial charge in [0.05, 0.1) is 31.6 Å². The largest absolute Gasteiger partial charge is 0.495 e. The summed E-state index contributed by atoms with van der Waals surface area (Å²) in [6.45, 7) is 0. The van der Waals surface area contributed by atoms with Gasteiger partial charge in [-0.25, -0.2) is 13.2 Å². The highest BCUT2D eigenvalue weighted by Gasteiger charge is 2.15. The second-order valence-electron chi connectivity index (χ2n) is 7.44. The van der Waals surface area contributed by atoms with E-state index >= 15 is 0 Å². The van der Waals surface area contributed by atoms with Crippen LogP contribution in [0.2, 0.25) is 0 Å². The molecular formula is C24H21N3O6S. The molecule has 4 rings (SSSR count). The molecule has 0 spiro atoms. The SMILES string of the molecule is COc1c(C=Cc2ccc(NS(C)(=O)=O)cc2)cc(-n2ccc(=O)[nH]c2=O)cc1-c1ccoc1. The number of aromatic nitrogens is 2. The molecule has 10 heteroatoms. The van der Waals surface area contributed by atoms with Gasteiger partial charge in [0.15, 0.2) is 0 Å². The molecule has 2 heterocycles. The minimum absolute atomic E-state index is 0.457. The number of nitrogens with zero attached hydrogens (tertiary/aromatic N) is 1. The zero-order valence-electron chi connectivity index (χ0n) is 18.3. The van der Waals surface area contributed by atoms with Gasteiger partial charge in [-0.15, -0.1) is 0 Å². The topological polar surface area (TPSA) is 123 Å². The fourth-order valence-corrected chi connectivity index (χ4v) is 4.01. The number of ether oxygens (including phenoxy) is 1. The van der Waals surface area contributed by atoms with Crippen LogP contribution in [0.3, 0.4) is 0 Å². The number of sulfonamides is 1. The summed E-state index contributed by atoms with van der Waals surface area (Å²) in [5.74, 6) is 0.564. The Morgan fingerprint density at radius 1 is 1.06 bits per heavy atom. The summed E-state index contributed by atoms with van der Waals surface area (Å²) in [6.07, 6.45) is 9.25. The fourth-order valence-electron chi connectivity index (χ4n) is 3.44. The molecule has 0 radical (unpaired) electrons. The van der Waals surface area contributed by atoms with Gasteiger partial charge in [0.25, 0.3) is 5.56 Å². The molecule has 0 aliphatic rings. The Bertz CT molecular complexity index is 1560. The van der Waals surface area contributed by atoms with Gasteiger partial charge >= 0.3 is 5.69 Å². The van der Waals surface area contributed by atoms with Crippen LogP contribution in [0.1, 0.15) is 11.1 Å². The summed E-state index contributed by atoms with van der Waals surface area (Å²) >= 11 is 0. The maximum Gasteiger partial charge on any atom is 0.332 e. The zero-order valence-corrected chi connectivity index (χ0v) is 19.1. The fraction of sp³-hybridized carbons (Fsp3) is 0.0833. The summed E-state index contributed by atoms with van der Waals surface area (Å²) in [5, 5.41) is 0. The molecule has 2 aromatic carbocycles. The van der Waals surface area contributed by atoms with Crippen molar-refractivity contribution in [2.24, 2.45) is 0 Å². The Morgan fingerprint density at radius 2 is 1.82 bits per heavy atom. The predicted octanol–water partition coefficient (Wildman–Crippen LogP) is 3.34. The first-order chi connectivity index (χ1) is 16.2. The molecule has 0 fully saturated rings. The summed E-state index contributed by atoms with van der Waals surface area (Å²) in [4.78, 5) is 26.2. The number of rotatable bonds is 7. The van der Waals surface area contributed by atoms with E-state index in [1.807, 2.05) is 12.2 Å². The Morgan fingerprint density at radius 3 is 2.44 bits per heavy atom. The average molecular weight is 480 g/mol. The number of furan rings is 1. The number of aromatic amines is 1. The van der Waals surface area contributed by atoms with Gasteiger partial charge in [0.2, 0.25) is 10.0 Å². The highest BCUT2D eigenvalue weighted by molar-refractivity contribution is 7.92. The normalized spacial score (nSPS) is 11.6. The third kappa shape index (κ3) is 5.18. The van der Waals surface area contributed by atoms with Gasteiger partial charge in [-0.2, -0.15) is 0 Å². The Labute approximate surface area is 195 Å². The lowest BCUT2D eigenvalue weighted by atomic mass is 10.0. The van der Waals surface area contributed by atoms with E-state index in [9.17, 15) is 18.0 Å². The molecule has 4 aromatic rings. The smallest absolute Gasteiger partial charge is 0.332 e. The van der Waals surface area contributed by atoms with Gasteiger partial charge < -0.3 is 9.15 Å². The van der Waals surface area contributed by atoms with Crippen molar-refractivity contribution in [2.45, 2.75) is 0 Å². The van der Waals surface area contributed by atoms with E-state index < -0.39 is 21.3 Å². The van der Waals surface area contributed by atoms with Gasteiger partial charge in [0.1, 0.15) is 5.75 Å².